The van der Waals surface area contributed by atoms with Crippen LogP contribution < -0.4 is 5.32 Å². The maximum absolute atomic E-state index is 13.0. The molecule has 0 radical (unpaired) electrons. The van der Waals surface area contributed by atoms with Gasteiger partial charge in [0.25, 0.3) is 5.91 Å². The van der Waals surface area contributed by atoms with Crippen LogP contribution in [-0.4, -0.2) is 54.3 Å². The molecule has 2 amide bonds. The van der Waals surface area contributed by atoms with Gasteiger partial charge in [-0.2, -0.15) is 13.2 Å². The maximum atomic E-state index is 13.0. The van der Waals surface area contributed by atoms with Gasteiger partial charge in [0.2, 0.25) is 5.91 Å². The molecule has 0 bridgehead atoms. The van der Waals surface area contributed by atoms with Gasteiger partial charge in [-0.25, -0.2) is 0 Å². The highest BCUT2D eigenvalue weighted by atomic mass is 19.4. The van der Waals surface area contributed by atoms with Gasteiger partial charge in [-0.3, -0.25) is 14.5 Å². The van der Waals surface area contributed by atoms with Crippen LogP contribution >= 0.6 is 0 Å². The van der Waals surface area contributed by atoms with E-state index in [1.54, 1.807) is 17.0 Å². The molecule has 8 heteroatoms. The average molecular weight is 405 g/mol. The molecule has 1 fully saturated rings. The number of nitrogens with zero attached hydrogens (tertiary/aromatic N) is 2. The number of aryl methyl sites for hydroxylation is 1. The number of hydrogen-bond donors (Lipinski definition) is 1. The average Bonchev–Trinajstić information content (AvgIpc) is 2.68. The lowest BCUT2D eigenvalue weighted by Gasteiger charge is -2.34. The van der Waals surface area contributed by atoms with E-state index < -0.39 is 17.6 Å². The molecule has 29 heavy (non-hydrogen) atoms. The Kier molecular flexibility index (Phi) is 6.22. The van der Waals surface area contributed by atoms with E-state index in [4.69, 9.17) is 0 Å². The monoisotopic (exact) mass is 405 g/mol. The third kappa shape index (κ3) is 5.35. The van der Waals surface area contributed by atoms with Crippen molar-refractivity contribution in [3.8, 4) is 0 Å². The van der Waals surface area contributed by atoms with Gasteiger partial charge < -0.3 is 10.2 Å². The Bertz CT molecular complexity index is 873. The fraction of sp³-hybridized carbons (Fsp3) is 0.333. The molecule has 0 spiro atoms. The lowest BCUT2D eigenvalue weighted by atomic mass is 10.1. The number of hydrogen-bond acceptors (Lipinski definition) is 3. The molecule has 3 rings (SSSR count). The highest BCUT2D eigenvalue weighted by Crippen LogP contribution is 2.34. The first-order valence-corrected chi connectivity index (χ1v) is 9.28. The fourth-order valence-electron chi connectivity index (χ4n) is 3.22. The Balaban J connectivity index is 1.53. The molecule has 2 aromatic carbocycles. The van der Waals surface area contributed by atoms with E-state index in [2.05, 4.69) is 5.32 Å². The number of alkyl halides is 3. The maximum Gasteiger partial charge on any atom is 0.418 e. The molecular formula is C21H22F3N3O2. The van der Waals surface area contributed by atoms with Crippen LogP contribution in [0.2, 0.25) is 0 Å². The molecule has 1 aliphatic rings. The van der Waals surface area contributed by atoms with Gasteiger partial charge >= 0.3 is 6.18 Å². The number of piperazine rings is 1. The van der Waals surface area contributed by atoms with Crippen LogP contribution in [0.4, 0.5) is 18.9 Å². The van der Waals surface area contributed by atoms with E-state index in [0.717, 1.165) is 11.6 Å². The highest BCUT2D eigenvalue weighted by Gasteiger charge is 2.33. The van der Waals surface area contributed by atoms with Gasteiger partial charge in [-0.1, -0.05) is 29.8 Å². The number of anilines is 1. The molecule has 0 saturated carbocycles. The van der Waals surface area contributed by atoms with Crippen LogP contribution in [-0.2, 0) is 11.0 Å². The van der Waals surface area contributed by atoms with Crippen molar-refractivity contribution >= 4 is 17.5 Å². The van der Waals surface area contributed by atoms with Gasteiger partial charge in [-0.15, -0.1) is 0 Å². The van der Waals surface area contributed by atoms with E-state index in [1.807, 2.05) is 24.0 Å². The van der Waals surface area contributed by atoms with Crippen LogP contribution in [0, 0.1) is 6.92 Å². The summed E-state index contributed by atoms with van der Waals surface area (Å²) in [4.78, 5) is 28.3. The second-order valence-corrected chi connectivity index (χ2v) is 7.03. The van der Waals surface area contributed by atoms with Gasteiger partial charge in [-0.05, 0) is 31.2 Å². The summed E-state index contributed by atoms with van der Waals surface area (Å²) >= 11 is 0. The zero-order valence-corrected chi connectivity index (χ0v) is 16.0. The number of amides is 2. The topological polar surface area (TPSA) is 52.7 Å². The Morgan fingerprint density at radius 3 is 2.21 bits per heavy atom. The summed E-state index contributed by atoms with van der Waals surface area (Å²) in [6.07, 6.45) is -4.54. The largest absolute Gasteiger partial charge is 0.418 e. The summed E-state index contributed by atoms with van der Waals surface area (Å²) in [6.45, 7) is 3.79. The number of carbonyl (C=O) groups is 2. The van der Waals surface area contributed by atoms with Crippen molar-refractivity contribution in [3.05, 3.63) is 65.2 Å². The first kappa shape index (κ1) is 20.9. The standard InChI is InChI=1S/C21H22F3N3O2/c1-15-6-8-16(9-7-15)20(29)27-12-10-26(11-13-27)14-19(28)25-18-5-3-2-4-17(18)21(22,23)24/h2-9H,10-14H2,1H3,(H,25,28). The van der Waals surface area contributed by atoms with Crippen LogP contribution in [0.25, 0.3) is 0 Å². The summed E-state index contributed by atoms with van der Waals surface area (Å²) in [5.41, 5.74) is 0.565. The van der Waals surface area contributed by atoms with Crippen molar-refractivity contribution in [2.75, 3.05) is 38.0 Å². The van der Waals surface area contributed by atoms with Crippen molar-refractivity contribution < 1.29 is 22.8 Å². The van der Waals surface area contributed by atoms with Crippen molar-refractivity contribution in [2.45, 2.75) is 13.1 Å². The molecule has 0 aromatic heterocycles. The van der Waals surface area contributed by atoms with E-state index in [0.29, 0.717) is 31.7 Å². The lowest BCUT2D eigenvalue weighted by Crippen LogP contribution is -2.50. The van der Waals surface area contributed by atoms with E-state index in [9.17, 15) is 22.8 Å². The number of rotatable bonds is 4. The molecule has 2 aromatic rings. The molecule has 5 nitrogen and oxygen atoms in total. The predicted molar refractivity (Wildman–Crippen MR) is 104 cm³/mol. The zero-order chi connectivity index (χ0) is 21.0. The van der Waals surface area contributed by atoms with Gasteiger partial charge in [0.15, 0.2) is 0 Å². The number of carbonyl (C=O) groups excluding carboxylic acids is 2. The summed E-state index contributed by atoms with van der Waals surface area (Å²) in [6, 6.07) is 12.2. The molecule has 0 unspecified atom stereocenters. The SMILES string of the molecule is Cc1ccc(C(=O)N2CCN(CC(=O)Nc3ccccc3C(F)(F)F)CC2)cc1. The van der Waals surface area contributed by atoms with Crippen molar-refractivity contribution in [1.29, 1.82) is 0 Å². The minimum absolute atomic E-state index is 0.0290. The van der Waals surface area contributed by atoms with Crippen LogP contribution in [0.3, 0.4) is 0 Å². The van der Waals surface area contributed by atoms with Crippen molar-refractivity contribution in [1.82, 2.24) is 9.80 Å². The minimum atomic E-state index is -4.54. The minimum Gasteiger partial charge on any atom is -0.336 e. The summed E-state index contributed by atoms with van der Waals surface area (Å²) in [5.74, 6) is -0.576. The molecular weight excluding hydrogens is 383 g/mol. The first-order valence-electron chi connectivity index (χ1n) is 9.28. The Morgan fingerprint density at radius 1 is 0.966 bits per heavy atom. The van der Waals surface area contributed by atoms with E-state index in [-0.39, 0.29) is 18.1 Å². The van der Waals surface area contributed by atoms with Crippen LogP contribution in [0.5, 0.6) is 0 Å². The summed E-state index contributed by atoms with van der Waals surface area (Å²) < 4.78 is 39.1. The Hall–Kier alpha value is -2.87. The number of benzene rings is 2. The number of para-hydroxylation sites is 1. The molecule has 1 aliphatic heterocycles. The molecule has 1 N–H and O–H groups in total. The van der Waals surface area contributed by atoms with Gasteiger partial charge in [0.1, 0.15) is 0 Å². The van der Waals surface area contributed by atoms with Crippen molar-refractivity contribution in [3.63, 3.8) is 0 Å². The van der Waals surface area contributed by atoms with Crippen LogP contribution in [0.1, 0.15) is 21.5 Å². The lowest BCUT2D eigenvalue weighted by molar-refractivity contribution is -0.137. The Morgan fingerprint density at radius 2 is 1.59 bits per heavy atom. The highest BCUT2D eigenvalue weighted by molar-refractivity contribution is 5.94. The Labute approximate surface area is 167 Å². The second-order valence-electron chi connectivity index (χ2n) is 7.03. The summed E-state index contributed by atoms with van der Waals surface area (Å²) in [7, 11) is 0. The third-order valence-electron chi connectivity index (χ3n) is 4.83. The second kappa shape index (κ2) is 8.65. The smallest absolute Gasteiger partial charge is 0.336 e. The zero-order valence-electron chi connectivity index (χ0n) is 16.0. The molecule has 1 saturated heterocycles. The third-order valence-corrected chi connectivity index (χ3v) is 4.83. The predicted octanol–water partition coefficient (Wildman–Crippen LogP) is 3.41. The molecule has 1 heterocycles. The van der Waals surface area contributed by atoms with Gasteiger partial charge in [0.05, 0.1) is 17.8 Å². The summed E-state index contributed by atoms with van der Waals surface area (Å²) in [5, 5.41) is 2.35. The number of nitrogens with one attached hydrogen (secondary N) is 1. The number of halogens is 3. The molecule has 0 aliphatic carbocycles. The van der Waals surface area contributed by atoms with E-state index in [1.165, 1.54) is 18.2 Å². The van der Waals surface area contributed by atoms with Crippen molar-refractivity contribution in [2.24, 2.45) is 0 Å². The first-order chi connectivity index (χ1) is 13.7. The van der Waals surface area contributed by atoms with E-state index >= 15 is 0 Å². The quantitative estimate of drug-likeness (QED) is 0.848. The fourth-order valence-corrected chi connectivity index (χ4v) is 3.22. The van der Waals surface area contributed by atoms with Crippen LogP contribution in [0.15, 0.2) is 48.5 Å². The molecule has 154 valence electrons. The van der Waals surface area contributed by atoms with Gasteiger partial charge in [0, 0.05) is 31.7 Å². The normalized spacial score (nSPS) is 15.2. The molecule has 0 atom stereocenters.